The second-order valence-electron chi connectivity index (χ2n) is 8.18. The molecule has 1 saturated heterocycles. The average molecular weight is 387 g/mol. The number of nitrogens with two attached hydrogens (primary N) is 1. The van der Waals surface area contributed by atoms with Gasteiger partial charge in [-0.05, 0) is 24.0 Å². The summed E-state index contributed by atoms with van der Waals surface area (Å²) in [4.78, 5) is 0. The standard InChI is InChI=1S/C23H27F2NO2/c24-23(25)12-11-22(27-13-14-28-22)17-20(23)21(26,15-18-7-3-1-4-8-18)16-19-9-5-2-6-10-19/h1-10,20H,11-17,26H2. The zero-order valence-corrected chi connectivity index (χ0v) is 16.0. The van der Waals surface area contributed by atoms with Crippen LogP contribution < -0.4 is 5.73 Å². The molecule has 150 valence electrons. The fourth-order valence-corrected chi connectivity index (χ4v) is 4.74. The minimum atomic E-state index is -2.86. The Bertz CT molecular complexity index is 734. The molecule has 2 fully saturated rings. The second kappa shape index (κ2) is 7.54. The molecule has 2 aromatic rings. The molecule has 5 heteroatoms. The van der Waals surface area contributed by atoms with Gasteiger partial charge in [0.05, 0.1) is 13.2 Å². The first kappa shape index (κ1) is 19.5. The number of hydrogen-bond acceptors (Lipinski definition) is 3. The molecule has 1 spiro atoms. The molecule has 28 heavy (non-hydrogen) atoms. The Morgan fingerprint density at radius 1 is 0.857 bits per heavy atom. The van der Waals surface area contributed by atoms with Crippen LogP contribution in [0.15, 0.2) is 60.7 Å². The molecule has 1 heterocycles. The van der Waals surface area contributed by atoms with E-state index in [0.29, 0.717) is 26.1 Å². The van der Waals surface area contributed by atoms with E-state index < -0.39 is 23.2 Å². The highest BCUT2D eigenvalue weighted by molar-refractivity contribution is 5.24. The van der Waals surface area contributed by atoms with Crippen molar-refractivity contribution in [1.82, 2.24) is 0 Å². The zero-order chi connectivity index (χ0) is 19.7. The first-order chi connectivity index (χ1) is 13.4. The molecular weight excluding hydrogens is 360 g/mol. The van der Waals surface area contributed by atoms with Crippen LogP contribution in [-0.4, -0.2) is 30.5 Å². The van der Waals surface area contributed by atoms with Crippen molar-refractivity contribution in [3.05, 3.63) is 71.8 Å². The summed E-state index contributed by atoms with van der Waals surface area (Å²) < 4.78 is 42.0. The maximum absolute atomic E-state index is 15.2. The summed E-state index contributed by atoms with van der Waals surface area (Å²) >= 11 is 0. The molecule has 1 atom stereocenters. The number of ether oxygens (including phenoxy) is 2. The Morgan fingerprint density at radius 3 is 1.86 bits per heavy atom. The molecule has 2 aliphatic rings. The molecule has 2 aromatic carbocycles. The predicted molar refractivity (Wildman–Crippen MR) is 104 cm³/mol. The van der Waals surface area contributed by atoms with Crippen molar-refractivity contribution >= 4 is 0 Å². The van der Waals surface area contributed by atoms with E-state index in [2.05, 4.69) is 0 Å². The molecule has 2 N–H and O–H groups in total. The fraction of sp³-hybridized carbons (Fsp3) is 0.478. The van der Waals surface area contributed by atoms with Gasteiger partial charge in [-0.25, -0.2) is 8.78 Å². The lowest BCUT2D eigenvalue weighted by molar-refractivity contribution is -0.243. The number of alkyl halides is 2. The van der Waals surface area contributed by atoms with Crippen molar-refractivity contribution in [2.75, 3.05) is 13.2 Å². The van der Waals surface area contributed by atoms with Gasteiger partial charge in [-0.2, -0.15) is 0 Å². The van der Waals surface area contributed by atoms with Crippen LogP contribution in [0.2, 0.25) is 0 Å². The Morgan fingerprint density at radius 2 is 1.36 bits per heavy atom. The number of benzene rings is 2. The third-order valence-corrected chi connectivity index (χ3v) is 6.12. The molecule has 1 unspecified atom stereocenters. The summed E-state index contributed by atoms with van der Waals surface area (Å²) in [5.41, 5.74) is 7.68. The predicted octanol–water partition coefficient (Wildman–Crippen LogP) is 4.35. The number of rotatable bonds is 5. The van der Waals surface area contributed by atoms with Crippen LogP contribution in [0.4, 0.5) is 8.78 Å². The summed E-state index contributed by atoms with van der Waals surface area (Å²) in [6.07, 6.45) is 0.817. The van der Waals surface area contributed by atoms with Gasteiger partial charge in [0.2, 0.25) is 0 Å². The summed E-state index contributed by atoms with van der Waals surface area (Å²) in [6, 6.07) is 19.3. The maximum atomic E-state index is 15.2. The van der Waals surface area contributed by atoms with Crippen LogP contribution in [0.3, 0.4) is 0 Å². The third-order valence-electron chi connectivity index (χ3n) is 6.12. The highest BCUT2D eigenvalue weighted by Gasteiger charge is 2.59. The van der Waals surface area contributed by atoms with E-state index >= 15 is 8.78 Å². The van der Waals surface area contributed by atoms with Crippen molar-refractivity contribution in [2.45, 2.75) is 49.4 Å². The van der Waals surface area contributed by atoms with E-state index in [-0.39, 0.29) is 19.3 Å². The van der Waals surface area contributed by atoms with Crippen molar-refractivity contribution in [1.29, 1.82) is 0 Å². The minimum Gasteiger partial charge on any atom is -0.348 e. The highest BCUT2D eigenvalue weighted by Crippen LogP contribution is 2.51. The van der Waals surface area contributed by atoms with Gasteiger partial charge in [0.1, 0.15) is 0 Å². The van der Waals surface area contributed by atoms with E-state index in [1.165, 1.54) is 0 Å². The normalized spacial score (nSPS) is 23.8. The first-order valence-electron chi connectivity index (χ1n) is 9.93. The van der Waals surface area contributed by atoms with Gasteiger partial charge in [0.25, 0.3) is 5.92 Å². The molecule has 3 nitrogen and oxygen atoms in total. The van der Waals surface area contributed by atoms with Crippen molar-refractivity contribution in [3.63, 3.8) is 0 Å². The number of hydrogen-bond donors (Lipinski definition) is 1. The van der Waals surface area contributed by atoms with Gasteiger partial charge < -0.3 is 15.2 Å². The van der Waals surface area contributed by atoms with Crippen LogP contribution in [0.5, 0.6) is 0 Å². The van der Waals surface area contributed by atoms with Gasteiger partial charge in [0, 0.05) is 30.7 Å². The van der Waals surface area contributed by atoms with Crippen molar-refractivity contribution in [3.8, 4) is 0 Å². The quantitative estimate of drug-likeness (QED) is 0.830. The Kier molecular flexibility index (Phi) is 5.25. The minimum absolute atomic E-state index is 0.121. The van der Waals surface area contributed by atoms with E-state index in [1.807, 2.05) is 60.7 Å². The third kappa shape index (κ3) is 3.97. The molecule has 0 radical (unpaired) electrons. The Balaban J connectivity index is 1.69. The van der Waals surface area contributed by atoms with E-state index in [0.717, 1.165) is 11.1 Å². The van der Waals surface area contributed by atoms with Crippen LogP contribution in [0.25, 0.3) is 0 Å². The highest BCUT2D eigenvalue weighted by atomic mass is 19.3. The molecule has 0 aromatic heterocycles. The van der Waals surface area contributed by atoms with Gasteiger partial charge in [-0.3, -0.25) is 0 Å². The van der Waals surface area contributed by atoms with Crippen LogP contribution in [0, 0.1) is 5.92 Å². The molecular formula is C23H27F2NO2. The average Bonchev–Trinajstić information content (AvgIpc) is 3.14. The van der Waals surface area contributed by atoms with E-state index in [9.17, 15) is 0 Å². The van der Waals surface area contributed by atoms with Gasteiger partial charge >= 0.3 is 0 Å². The summed E-state index contributed by atoms with van der Waals surface area (Å²) in [5, 5.41) is 0. The van der Waals surface area contributed by atoms with Crippen molar-refractivity contribution < 1.29 is 18.3 Å². The Hall–Kier alpha value is -1.82. The van der Waals surface area contributed by atoms with Crippen LogP contribution >= 0.6 is 0 Å². The van der Waals surface area contributed by atoms with E-state index in [1.54, 1.807) is 0 Å². The molecule has 0 bridgehead atoms. The molecule has 1 aliphatic carbocycles. The fourth-order valence-electron chi connectivity index (χ4n) is 4.74. The zero-order valence-electron chi connectivity index (χ0n) is 16.0. The van der Waals surface area contributed by atoms with Gasteiger partial charge in [-0.15, -0.1) is 0 Å². The second-order valence-corrected chi connectivity index (χ2v) is 8.18. The van der Waals surface area contributed by atoms with Gasteiger partial charge in [-0.1, -0.05) is 60.7 Å². The maximum Gasteiger partial charge on any atom is 0.253 e. The number of halogens is 2. The monoisotopic (exact) mass is 387 g/mol. The summed E-state index contributed by atoms with van der Waals surface area (Å²) in [6.45, 7) is 0.903. The van der Waals surface area contributed by atoms with Crippen LogP contribution in [-0.2, 0) is 22.3 Å². The van der Waals surface area contributed by atoms with Crippen LogP contribution in [0.1, 0.15) is 30.4 Å². The molecule has 1 saturated carbocycles. The Labute approximate surface area is 164 Å². The summed E-state index contributed by atoms with van der Waals surface area (Å²) in [5.74, 6) is -4.81. The first-order valence-corrected chi connectivity index (χ1v) is 9.93. The molecule has 1 aliphatic heterocycles. The summed E-state index contributed by atoms with van der Waals surface area (Å²) in [7, 11) is 0. The lowest BCUT2D eigenvalue weighted by Crippen LogP contribution is -2.61. The van der Waals surface area contributed by atoms with Gasteiger partial charge in [0.15, 0.2) is 5.79 Å². The lowest BCUT2D eigenvalue weighted by atomic mass is 9.66. The largest absolute Gasteiger partial charge is 0.348 e. The van der Waals surface area contributed by atoms with E-state index in [4.69, 9.17) is 15.2 Å². The SMILES string of the molecule is NC(Cc1ccccc1)(Cc1ccccc1)C1CC2(CCC1(F)F)OCCO2. The van der Waals surface area contributed by atoms with Crippen molar-refractivity contribution in [2.24, 2.45) is 11.7 Å². The molecule has 0 amide bonds. The molecule has 4 rings (SSSR count). The lowest BCUT2D eigenvalue weighted by Gasteiger charge is -2.49. The topological polar surface area (TPSA) is 44.5 Å². The smallest absolute Gasteiger partial charge is 0.253 e.